The van der Waals surface area contributed by atoms with Gasteiger partial charge < -0.3 is 15.4 Å². The molecule has 7 heteroatoms. The van der Waals surface area contributed by atoms with Crippen molar-refractivity contribution in [2.24, 2.45) is 17.1 Å². The van der Waals surface area contributed by atoms with Gasteiger partial charge in [-0.3, -0.25) is 4.79 Å². The monoisotopic (exact) mass is 374 g/mol. The van der Waals surface area contributed by atoms with Gasteiger partial charge in [0, 0.05) is 31.5 Å². The van der Waals surface area contributed by atoms with Gasteiger partial charge in [-0.1, -0.05) is 19.9 Å². The fourth-order valence-corrected chi connectivity index (χ4v) is 4.31. The Bertz CT molecular complexity index is 670. The molecule has 1 saturated carbocycles. The predicted octanol–water partition coefficient (Wildman–Crippen LogP) is 2.88. The van der Waals surface area contributed by atoms with Crippen LogP contribution in [0.25, 0.3) is 0 Å². The summed E-state index contributed by atoms with van der Waals surface area (Å²) in [7, 11) is 1.64. The number of fused-ring (bicyclic) bond motifs is 1. The lowest BCUT2D eigenvalue weighted by Crippen LogP contribution is -2.82. The average Bonchev–Trinajstić information content (AvgIpc) is 2.56. The van der Waals surface area contributed by atoms with Crippen molar-refractivity contribution < 1.29 is 18.3 Å². The molecule has 2 aliphatic rings. The molecule has 2 fully saturated rings. The van der Waals surface area contributed by atoms with Gasteiger partial charge in [-0.05, 0) is 30.5 Å². The van der Waals surface area contributed by atoms with E-state index in [0.29, 0.717) is 12.2 Å². The topological polar surface area (TPSA) is 55.6 Å². The van der Waals surface area contributed by atoms with Crippen molar-refractivity contribution in [2.75, 3.05) is 13.7 Å². The Kier molecular flexibility index (Phi) is 5.47. The molecule has 1 aromatic rings. The molecule has 2 N–H and O–H groups in total. The second-order valence-corrected chi connectivity index (χ2v) is 7.54. The molecule has 1 aliphatic carbocycles. The first-order chi connectivity index (χ1) is 11.2. The van der Waals surface area contributed by atoms with Crippen LogP contribution in [0.15, 0.2) is 18.2 Å². The average molecular weight is 375 g/mol. The number of amides is 1. The van der Waals surface area contributed by atoms with Gasteiger partial charge in [0.2, 0.25) is 5.91 Å². The number of likely N-dealkylation sites (N-methyl/N-ethyl adjacent to an activating group) is 1. The van der Waals surface area contributed by atoms with Crippen LogP contribution in [0.3, 0.4) is 0 Å². The SMILES string of the molecule is CN(Cc1ccc(F)c(F)c1)C(=O)C1(N)C2CCCOC2C1(C)C.Cl. The summed E-state index contributed by atoms with van der Waals surface area (Å²) in [4.78, 5) is 14.6. The number of hydrogen-bond acceptors (Lipinski definition) is 3. The molecule has 1 saturated heterocycles. The molecule has 0 radical (unpaired) electrons. The molecule has 1 aromatic carbocycles. The highest BCUT2D eigenvalue weighted by molar-refractivity contribution is 5.89. The Morgan fingerprint density at radius 1 is 1.36 bits per heavy atom. The van der Waals surface area contributed by atoms with E-state index in [9.17, 15) is 13.6 Å². The van der Waals surface area contributed by atoms with Crippen molar-refractivity contribution in [3.63, 3.8) is 0 Å². The molecule has 3 unspecified atom stereocenters. The van der Waals surface area contributed by atoms with E-state index in [2.05, 4.69) is 0 Å². The largest absolute Gasteiger partial charge is 0.377 e. The minimum Gasteiger partial charge on any atom is -0.377 e. The van der Waals surface area contributed by atoms with Gasteiger partial charge in [-0.15, -0.1) is 12.4 Å². The van der Waals surface area contributed by atoms with Crippen molar-refractivity contribution in [2.45, 2.75) is 44.9 Å². The summed E-state index contributed by atoms with van der Waals surface area (Å²) in [6, 6.07) is 3.66. The molecular formula is C18H25ClF2N2O2. The van der Waals surface area contributed by atoms with Gasteiger partial charge >= 0.3 is 0 Å². The van der Waals surface area contributed by atoms with E-state index >= 15 is 0 Å². The van der Waals surface area contributed by atoms with Crippen molar-refractivity contribution in [1.82, 2.24) is 4.90 Å². The van der Waals surface area contributed by atoms with Crippen LogP contribution >= 0.6 is 12.4 Å². The highest BCUT2D eigenvalue weighted by Crippen LogP contribution is 2.57. The zero-order chi connectivity index (χ0) is 17.7. The van der Waals surface area contributed by atoms with Crippen molar-refractivity contribution in [3.8, 4) is 0 Å². The number of carbonyl (C=O) groups excluding carboxylic acids is 1. The van der Waals surface area contributed by atoms with Gasteiger partial charge in [0.1, 0.15) is 5.54 Å². The van der Waals surface area contributed by atoms with Crippen LogP contribution in [0, 0.1) is 23.0 Å². The van der Waals surface area contributed by atoms with E-state index in [1.807, 2.05) is 13.8 Å². The van der Waals surface area contributed by atoms with Gasteiger partial charge in [0.15, 0.2) is 11.6 Å². The molecule has 0 spiro atoms. The summed E-state index contributed by atoms with van der Waals surface area (Å²) in [5.74, 6) is -1.99. The first-order valence-corrected chi connectivity index (χ1v) is 8.29. The Hall–Kier alpha value is -1.24. The third-order valence-electron chi connectivity index (χ3n) is 5.79. The molecular weight excluding hydrogens is 350 g/mol. The van der Waals surface area contributed by atoms with E-state index in [1.54, 1.807) is 7.05 Å². The summed E-state index contributed by atoms with van der Waals surface area (Å²) in [5, 5.41) is 0. The number of rotatable bonds is 3. The number of benzene rings is 1. The van der Waals surface area contributed by atoms with Crippen molar-refractivity contribution in [1.29, 1.82) is 0 Å². The van der Waals surface area contributed by atoms with Gasteiger partial charge in [-0.25, -0.2) is 8.78 Å². The van der Waals surface area contributed by atoms with Crippen LogP contribution in [0.4, 0.5) is 8.78 Å². The maximum absolute atomic E-state index is 13.4. The van der Waals surface area contributed by atoms with Crippen LogP contribution in [0.1, 0.15) is 32.3 Å². The summed E-state index contributed by atoms with van der Waals surface area (Å²) in [6.45, 7) is 4.81. The second kappa shape index (κ2) is 6.82. The Morgan fingerprint density at radius 3 is 2.68 bits per heavy atom. The Morgan fingerprint density at radius 2 is 2.04 bits per heavy atom. The van der Waals surface area contributed by atoms with Gasteiger partial charge in [0.05, 0.1) is 6.10 Å². The van der Waals surface area contributed by atoms with Crippen molar-refractivity contribution >= 4 is 18.3 Å². The predicted molar refractivity (Wildman–Crippen MR) is 93.2 cm³/mol. The van der Waals surface area contributed by atoms with E-state index in [1.165, 1.54) is 11.0 Å². The molecule has 1 heterocycles. The van der Waals surface area contributed by atoms with Crippen LogP contribution in [0.5, 0.6) is 0 Å². The van der Waals surface area contributed by atoms with Gasteiger partial charge in [0.25, 0.3) is 0 Å². The molecule has 3 rings (SSSR count). The fourth-order valence-electron chi connectivity index (χ4n) is 4.31. The third-order valence-corrected chi connectivity index (χ3v) is 5.79. The quantitative estimate of drug-likeness (QED) is 0.885. The van der Waals surface area contributed by atoms with E-state index in [0.717, 1.165) is 25.0 Å². The Labute approximate surface area is 153 Å². The summed E-state index contributed by atoms with van der Waals surface area (Å²) in [6.07, 6.45) is 1.77. The van der Waals surface area contributed by atoms with Crippen LogP contribution in [-0.2, 0) is 16.1 Å². The maximum Gasteiger partial charge on any atom is 0.243 e. The number of ether oxygens (including phenoxy) is 1. The zero-order valence-electron chi connectivity index (χ0n) is 14.7. The molecule has 1 aliphatic heterocycles. The second-order valence-electron chi connectivity index (χ2n) is 7.54. The third kappa shape index (κ3) is 2.94. The molecule has 3 atom stereocenters. The summed E-state index contributed by atoms with van der Waals surface area (Å²) < 4.78 is 32.2. The zero-order valence-corrected chi connectivity index (χ0v) is 15.5. The normalized spacial score (nSPS) is 29.8. The highest BCUT2D eigenvalue weighted by atomic mass is 35.5. The number of hydrogen-bond donors (Lipinski definition) is 1. The lowest BCUT2D eigenvalue weighted by atomic mass is 9.46. The smallest absolute Gasteiger partial charge is 0.243 e. The van der Waals surface area contributed by atoms with Crippen molar-refractivity contribution in [3.05, 3.63) is 35.4 Å². The Balaban J connectivity index is 0.00000225. The maximum atomic E-state index is 13.4. The van der Waals surface area contributed by atoms with Gasteiger partial charge in [-0.2, -0.15) is 0 Å². The lowest BCUT2D eigenvalue weighted by molar-refractivity contribution is -0.229. The molecule has 1 amide bonds. The van der Waals surface area contributed by atoms with E-state index in [-0.39, 0.29) is 36.9 Å². The van der Waals surface area contributed by atoms with Crippen LogP contribution < -0.4 is 5.73 Å². The molecule has 25 heavy (non-hydrogen) atoms. The number of nitrogens with zero attached hydrogens (tertiary/aromatic N) is 1. The van der Waals surface area contributed by atoms with Crippen LogP contribution in [0.2, 0.25) is 0 Å². The first kappa shape index (κ1) is 20.1. The minimum absolute atomic E-state index is 0. The first-order valence-electron chi connectivity index (χ1n) is 8.29. The highest BCUT2D eigenvalue weighted by Gasteiger charge is 2.70. The lowest BCUT2D eigenvalue weighted by Gasteiger charge is -2.65. The molecule has 4 nitrogen and oxygen atoms in total. The molecule has 140 valence electrons. The fraction of sp³-hybridized carbons (Fsp3) is 0.611. The van der Waals surface area contributed by atoms with E-state index < -0.39 is 22.6 Å². The number of carbonyl (C=O) groups is 1. The number of halogens is 3. The molecule has 0 aromatic heterocycles. The summed E-state index contributed by atoms with van der Waals surface area (Å²) in [5.41, 5.74) is 5.66. The van der Waals surface area contributed by atoms with E-state index in [4.69, 9.17) is 10.5 Å². The minimum atomic E-state index is -0.995. The standard InChI is InChI=1S/C18H24F2N2O2.ClH/c1-17(2)15-12(5-4-8-24-15)18(17,21)16(23)22(3)10-11-6-7-13(19)14(20)9-11;/h6-7,9,12,15H,4-5,8,10,21H2,1-3H3;1H. The van der Waals surface area contributed by atoms with Crippen LogP contribution in [-0.4, -0.2) is 36.1 Å². The number of nitrogens with two attached hydrogens (primary N) is 1. The summed E-state index contributed by atoms with van der Waals surface area (Å²) >= 11 is 0. The molecule has 0 bridgehead atoms.